The minimum atomic E-state index is 0.500. The van der Waals surface area contributed by atoms with Gasteiger partial charge in [0.25, 0.3) is 0 Å². The van der Waals surface area contributed by atoms with Crippen molar-refractivity contribution in [2.24, 2.45) is 0 Å². The first-order valence-electron chi connectivity index (χ1n) is 5.70. The highest BCUT2D eigenvalue weighted by atomic mass is 79.9. The molecule has 0 saturated carbocycles. The topological polar surface area (TPSA) is 46.5 Å². The van der Waals surface area contributed by atoms with Crippen LogP contribution < -0.4 is 0 Å². The maximum atomic E-state index is 6.08. The summed E-state index contributed by atoms with van der Waals surface area (Å²) in [6.07, 6.45) is 3.43. The van der Waals surface area contributed by atoms with Crippen LogP contribution in [0.4, 0.5) is 0 Å². The van der Waals surface area contributed by atoms with Gasteiger partial charge in [0.05, 0.1) is 5.69 Å². The molecule has 3 aromatic rings. The van der Waals surface area contributed by atoms with Crippen molar-refractivity contribution in [1.29, 1.82) is 0 Å². The Kier molecular flexibility index (Phi) is 3.69. The molecule has 0 fully saturated rings. The molecule has 3 rings (SSSR count). The number of nitrogens with zero attached hydrogens (tertiary/aromatic N) is 3. The minimum absolute atomic E-state index is 0.500. The molecule has 7 heteroatoms. The van der Waals surface area contributed by atoms with Crippen molar-refractivity contribution >= 4 is 39.7 Å². The first kappa shape index (κ1) is 13.5. The molecule has 0 spiro atoms. The molecule has 1 aromatic carbocycles. The van der Waals surface area contributed by atoms with Crippen LogP contribution in [-0.4, -0.2) is 19.7 Å². The van der Waals surface area contributed by atoms with E-state index in [1.54, 1.807) is 12.4 Å². The average Bonchev–Trinajstić information content (AvgIpc) is 2.84. The van der Waals surface area contributed by atoms with Crippen LogP contribution in [0, 0.1) is 4.77 Å². The van der Waals surface area contributed by atoms with E-state index in [2.05, 4.69) is 31.1 Å². The van der Waals surface area contributed by atoms with Crippen molar-refractivity contribution in [3.05, 3.63) is 57.0 Å². The lowest BCUT2D eigenvalue weighted by Crippen LogP contribution is -1.99. The second-order valence-corrected chi connectivity index (χ2v) is 5.70. The smallest absolute Gasteiger partial charge is 0.200 e. The van der Waals surface area contributed by atoms with Crippen molar-refractivity contribution < 1.29 is 0 Å². The minimum Gasteiger partial charge on any atom is -0.267 e. The SMILES string of the molecule is S=c1[nH]nc(-c2ccncc2)n1-c1cc(Cl)ccc1Br. The van der Waals surface area contributed by atoms with Crippen LogP contribution in [0.25, 0.3) is 17.1 Å². The number of hydrogen-bond acceptors (Lipinski definition) is 3. The summed E-state index contributed by atoms with van der Waals surface area (Å²) in [7, 11) is 0. The van der Waals surface area contributed by atoms with Gasteiger partial charge in [-0.15, -0.1) is 0 Å². The Morgan fingerprint density at radius 3 is 2.70 bits per heavy atom. The molecule has 0 amide bonds. The third kappa shape index (κ3) is 2.42. The summed E-state index contributed by atoms with van der Waals surface area (Å²) < 4.78 is 3.22. The van der Waals surface area contributed by atoms with E-state index in [1.807, 2.05) is 34.9 Å². The van der Waals surface area contributed by atoms with Gasteiger partial charge in [-0.05, 0) is 58.5 Å². The molecule has 0 bridgehead atoms. The quantitative estimate of drug-likeness (QED) is 0.683. The number of pyridine rings is 1. The normalized spacial score (nSPS) is 10.7. The molecular weight excluding hydrogens is 360 g/mol. The lowest BCUT2D eigenvalue weighted by molar-refractivity contribution is 1.03. The average molecular weight is 368 g/mol. The number of halogens is 2. The Morgan fingerprint density at radius 1 is 1.20 bits per heavy atom. The van der Waals surface area contributed by atoms with E-state index in [9.17, 15) is 0 Å². The Morgan fingerprint density at radius 2 is 1.95 bits per heavy atom. The van der Waals surface area contributed by atoms with Gasteiger partial charge in [0.1, 0.15) is 0 Å². The summed E-state index contributed by atoms with van der Waals surface area (Å²) in [5, 5.41) is 7.73. The highest BCUT2D eigenvalue weighted by molar-refractivity contribution is 9.10. The van der Waals surface area contributed by atoms with Gasteiger partial charge in [-0.3, -0.25) is 14.6 Å². The van der Waals surface area contributed by atoms with Crippen molar-refractivity contribution in [3.8, 4) is 17.1 Å². The van der Waals surface area contributed by atoms with E-state index >= 15 is 0 Å². The number of hydrogen-bond donors (Lipinski definition) is 1. The molecule has 100 valence electrons. The molecule has 20 heavy (non-hydrogen) atoms. The molecule has 0 atom stereocenters. The Labute approximate surface area is 133 Å². The third-order valence-corrected chi connectivity index (χ3v) is 3.94. The van der Waals surface area contributed by atoms with Crippen molar-refractivity contribution in [2.75, 3.05) is 0 Å². The van der Waals surface area contributed by atoms with Crippen LogP contribution >= 0.6 is 39.7 Å². The highest BCUT2D eigenvalue weighted by Crippen LogP contribution is 2.28. The molecule has 1 N–H and O–H groups in total. The first-order valence-corrected chi connectivity index (χ1v) is 7.28. The second kappa shape index (κ2) is 5.47. The number of H-pyrrole nitrogens is 1. The summed E-state index contributed by atoms with van der Waals surface area (Å²) >= 11 is 14.9. The molecular formula is C13H8BrClN4S. The first-order chi connectivity index (χ1) is 9.66. The standard InChI is InChI=1S/C13H8BrClN4S/c14-10-2-1-9(15)7-11(10)19-12(17-18-13(19)20)8-3-5-16-6-4-8/h1-7H,(H,18,20). The molecule has 0 saturated heterocycles. The number of benzene rings is 1. The van der Waals surface area contributed by atoms with E-state index in [0.717, 1.165) is 15.7 Å². The number of rotatable bonds is 2. The van der Waals surface area contributed by atoms with Gasteiger partial charge in [0.15, 0.2) is 10.6 Å². The summed E-state index contributed by atoms with van der Waals surface area (Å²) in [5.41, 5.74) is 1.75. The lowest BCUT2D eigenvalue weighted by Gasteiger charge is -2.09. The van der Waals surface area contributed by atoms with Crippen LogP contribution in [0.2, 0.25) is 5.02 Å². The molecule has 0 aliphatic rings. The molecule has 2 aromatic heterocycles. The molecule has 0 aliphatic carbocycles. The molecule has 0 radical (unpaired) electrons. The van der Waals surface area contributed by atoms with Gasteiger partial charge in [0.2, 0.25) is 0 Å². The molecule has 4 nitrogen and oxygen atoms in total. The van der Waals surface area contributed by atoms with Crippen LogP contribution in [-0.2, 0) is 0 Å². The van der Waals surface area contributed by atoms with Crippen LogP contribution in [0.15, 0.2) is 47.2 Å². The second-order valence-electron chi connectivity index (χ2n) is 4.02. The molecule has 2 heterocycles. The van der Waals surface area contributed by atoms with Gasteiger partial charge >= 0.3 is 0 Å². The van der Waals surface area contributed by atoms with E-state index in [4.69, 9.17) is 23.8 Å². The maximum absolute atomic E-state index is 6.08. The van der Waals surface area contributed by atoms with Crippen LogP contribution in [0.5, 0.6) is 0 Å². The number of nitrogens with one attached hydrogen (secondary N) is 1. The van der Waals surface area contributed by atoms with E-state index in [0.29, 0.717) is 15.6 Å². The van der Waals surface area contributed by atoms with Gasteiger partial charge in [-0.25, -0.2) is 0 Å². The monoisotopic (exact) mass is 366 g/mol. The van der Waals surface area contributed by atoms with Crippen LogP contribution in [0.1, 0.15) is 0 Å². The van der Waals surface area contributed by atoms with Crippen molar-refractivity contribution in [1.82, 2.24) is 19.7 Å². The lowest BCUT2D eigenvalue weighted by atomic mass is 10.2. The fourth-order valence-corrected chi connectivity index (χ4v) is 2.69. The van der Waals surface area contributed by atoms with E-state index < -0.39 is 0 Å². The van der Waals surface area contributed by atoms with Crippen LogP contribution in [0.3, 0.4) is 0 Å². The van der Waals surface area contributed by atoms with E-state index in [-0.39, 0.29) is 0 Å². The summed E-state index contributed by atoms with van der Waals surface area (Å²) in [5.74, 6) is 0.709. The predicted molar refractivity (Wildman–Crippen MR) is 84.7 cm³/mol. The zero-order valence-electron chi connectivity index (χ0n) is 10.0. The maximum Gasteiger partial charge on any atom is 0.200 e. The Hall–Kier alpha value is -1.50. The van der Waals surface area contributed by atoms with Crippen molar-refractivity contribution in [2.45, 2.75) is 0 Å². The summed E-state index contributed by atoms with van der Waals surface area (Å²) in [6, 6.07) is 9.27. The molecule has 0 unspecified atom stereocenters. The highest BCUT2D eigenvalue weighted by Gasteiger charge is 2.13. The Bertz CT molecular complexity index is 813. The fraction of sp³-hybridized carbons (Fsp3) is 0. The molecule has 0 aliphatic heterocycles. The van der Waals surface area contributed by atoms with Gasteiger partial charge in [0, 0.05) is 27.5 Å². The van der Waals surface area contributed by atoms with Gasteiger partial charge < -0.3 is 0 Å². The third-order valence-electron chi connectivity index (χ3n) is 2.76. The largest absolute Gasteiger partial charge is 0.267 e. The number of aromatic nitrogens is 4. The van der Waals surface area contributed by atoms with Gasteiger partial charge in [-0.2, -0.15) is 5.10 Å². The fourth-order valence-electron chi connectivity index (χ4n) is 1.87. The predicted octanol–water partition coefficient (Wildman–Crippen LogP) is 4.41. The zero-order chi connectivity index (χ0) is 14.1. The zero-order valence-corrected chi connectivity index (χ0v) is 13.2. The summed E-state index contributed by atoms with van der Waals surface area (Å²) in [4.78, 5) is 4.01. The van der Waals surface area contributed by atoms with E-state index in [1.165, 1.54) is 0 Å². The summed E-state index contributed by atoms with van der Waals surface area (Å²) in [6.45, 7) is 0. The van der Waals surface area contributed by atoms with Gasteiger partial charge in [-0.1, -0.05) is 11.6 Å². The Balaban J connectivity index is 2.27. The number of aromatic amines is 1. The van der Waals surface area contributed by atoms with Crippen molar-refractivity contribution in [3.63, 3.8) is 0 Å².